The summed E-state index contributed by atoms with van der Waals surface area (Å²) in [5, 5.41) is 6.30. The number of nitrogens with zero attached hydrogens (tertiary/aromatic N) is 2. The van der Waals surface area contributed by atoms with Gasteiger partial charge >= 0.3 is 0 Å². The lowest BCUT2D eigenvalue weighted by molar-refractivity contribution is 0.0119. The van der Waals surface area contributed by atoms with Crippen LogP contribution in [0.25, 0.3) is 11.1 Å². The van der Waals surface area contributed by atoms with E-state index in [4.69, 9.17) is 10.3 Å². The van der Waals surface area contributed by atoms with E-state index in [0.29, 0.717) is 16.8 Å². The number of halogens is 3. The maximum absolute atomic E-state index is 13.1. The lowest BCUT2D eigenvalue weighted by Crippen LogP contribution is -2.41. The number of carbonyl (C=O) groups excluding carboxylic acids is 1. The summed E-state index contributed by atoms with van der Waals surface area (Å²) in [6.07, 6.45) is 0. The van der Waals surface area contributed by atoms with Crippen molar-refractivity contribution in [2.24, 2.45) is 5.73 Å². The van der Waals surface area contributed by atoms with Crippen LogP contribution in [0.15, 0.2) is 10.6 Å². The largest absolute Gasteiger partial charge is 0.346 e. The van der Waals surface area contributed by atoms with Gasteiger partial charge in [0.2, 0.25) is 0 Å². The zero-order valence-corrected chi connectivity index (χ0v) is 12.3. The van der Waals surface area contributed by atoms with Gasteiger partial charge < -0.3 is 15.6 Å². The number of nitrogens with one attached hydrogen (secondary N) is 1. The van der Waals surface area contributed by atoms with Gasteiger partial charge in [-0.25, -0.2) is 13.8 Å². The SMILES string of the molecule is Cc1cc(C(=O)NCC(F)(F)CN)c2c(C)noc2n1.Cl. The van der Waals surface area contributed by atoms with Crippen molar-refractivity contribution in [1.29, 1.82) is 0 Å². The van der Waals surface area contributed by atoms with Crippen molar-refractivity contribution >= 4 is 29.4 Å². The van der Waals surface area contributed by atoms with E-state index in [-0.39, 0.29) is 23.7 Å². The van der Waals surface area contributed by atoms with Crippen LogP contribution in [0.3, 0.4) is 0 Å². The van der Waals surface area contributed by atoms with Crippen LogP contribution in [0.2, 0.25) is 0 Å². The Balaban J connectivity index is 0.00000220. The number of aryl methyl sites for hydroxylation is 2. The van der Waals surface area contributed by atoms with E-state index in [0.717, 1.165) is 0 Å². The molecule has 0 atom stereocenters. The van der Waals surface area contributed by atoms with Crippen molar-refractivity contribution in [3.05, 3.63) is 23.0 Å². The highest BCUT2D eigenvalue weighted by atomic mass is 35.5. The first-order valence-corrected chi connectivity index (χ1v) is 5.94. The minimum atomic E-state index is -3.14. The molecule has 0 radical (unpaired) electrons. The fraction of sp³-hybridized carbons (Fsp3) is 0.417. The van der Waals surface area contributed by atoms with Crippen LogP contribution in [0.1, 0.15) is 21.7 Å². The monoisotopic (exact) mass is 320 g/mol. The highest BCUT2D eigenvalue weighted by molar-refractivity contribution is 6.06. The van der Waals surface area contributed by atoms with E-state index >= 15 is 0 Å². The number of hydrogen-bond acceptors (Lipinski definition) is 5. The van der Waals surface area contributed by atoms with Crippen LogP contribution >= 0.6 is 12.4 Å². The molecule has 116 valence electrons. The Morgan fingerprint density at radius 1 is 1.48 bits per heavy atom. The van der Waals surface area contributed by atoms with Crippen LogP contribution in [-0.2, 0) is 0 Å². The Morgan fingerprint density at radius 2 is 2.14 bits per heavy atom. The van der Waals surface area contributed by atoms with Gasteiger partial charge in [0.1, 0.15) is 0 Å². The fourth-order valence-corrected chi connectivity index (χ4v) is 1.77. The molecular weight excluding hydrogens is 306 g/mol. The Morgan fingerprint density at radius 3 is 2.76 bits per heavy atom. The number of nitrogens with two attached hydrogens (primary N) is 1. The van der Waals surface area contributed by atoms with E-state index in [1.54, 1.807) is 13.8 Å². The molecule has 0 saturated heterocycles. The van der Waals surface area contributed by atoms with Crippen LogP contribution in [0.5, 0.6) is 0 Å². The Labute approximate surface area is 125 Å². The normalized spacial score (nSPS) is 11.3. The third kappa shape index (κ3) is 3.64. The Hall–Kier alpha value is -1.80. The lowest BCUT2D eigenvalue weighted by Gasteiger charge is -2.14. The number of carbonyl (C=O) groups is 1. The van der Waals surface area contributed by atoms with Crippen LogP contribution in [0, 0.1) is 13.8 Å². The molecule has 9 heteroatoms. The number of rotatable bonds is 4. The van der Waals surface area contributed by atoms with Crippen LogP contribution < -0.4 is 11.1 Å². The average Bonchev–Trinajstić information content (AvgIpc) is 2.76. The summed E-state index contributed by atoms with van der Waals surface area (Å²) in [6.45, 7) is 1.66. The van der Waals surface area contributed by atoms with Gasteiger partial charge in [-0.1, -0.05) is 5.16 Å². The molecule has 0 aromatic carbocycles. The second-order valence-corrected chi connectivity index (χ2v) is 4.50. The third-order valence-corrected chi connectivity index (χ3v) is 2.80. The minimum absolute atomic E-state index is 0. The number of fused-ring (bicyclic) bond motifs is 1. The van der Waals surface area contributed by atoms with Gasteiger partial charge in [0, 0.05) is 5.69 Å². The van der Waals surface area contributed by atoms with Crippen molar-refractivity contribution in [3.8, 4) is 0 Å². The Bertz CT molecular complexity index is 660. The zero-order chi connectivity index (χ0) is 14.9. The Kier molecular flexibility index (Phi) is 5.19. The van der Waals surface area contributed by atoms with Gasteiger partial charge in [-0.2, -0.15) is 0 Å². The molecule has 2 rings (SSSR count). The fourth-order valence-electron chi connectivity index (χ4n) is 1.77. The predicted octanol–water partition coefficient (Wildman–Crippen LogP) is 1.59. The van der Waals surface area contributed by atoms with Crippen LogP contribution in [0.4, 0.5) is 8.78 Å². The molecular formula is C12H15ClF2N4O2. The number of aromatic nitrogens is 2. The summed E-state index contributed by atoms with van der Waals surface area (Å²) < 4.78 is 31.1. The summed E-state index contributed by atoms with van der Waals surface area (Å²) in [5.41, 5.74) is 6.34. The highest BCUT2D eigenvalue weighted by Gasteiger charge is 2.28. The molecule has 6 nitrogen and oxygen atoms in total. The molecule has 0 fully saturated rings. The second kappa shape index (κ2) is 6.31. The molecule has 0 aliphatic rings. The van der Waals surface area contributed by atoms with Crippen LogP contribution in [-0.4, -0.2) is 35.1 Å². The first-order valence-electron chi connectivity index (χ1n) is 5.94. The minimum Gasteiger partial charge on any atom is -0.346 e. The van der Waals surface area contributed by atoms with E-state index in [1.165, 1.54) is 6.07 Å². The smallest absolute Gasteiger partial charge is 0.277 e. The molecule has 0 saturated carbocycles. The van der Waals surface area contributed by atoms with Gasteiger partial charge in [0.15, 0.2) is 0 Å². The molecule has 2 aromatic rings. The molecule has 2 heterocycles. The average molecular weight is 321 g/mol. The van der Waals surface area contributed by atoms with Gasteiger partial charge in [-0.3, -0.25) is 4.79 Å². The molecule has 0 aliphatic heterocycles. The maximum atomic E-state index is 13.1. The quantitative estimate of drug-likeness (QED) is 0.892. The second-order valence-electron chi connectivity index (χ2n) is 4.50. The van der Waals surface area contributed by atoms with E-state index in [2.05, 4.69) is 15.5 Å². The molecule has 3 N–H and O–H groups in total. The molecule has 0 bridgehead atoms. The number of hydrogen-bond donors (Lipinski definition) is 2. The first-order chi connectivity index (χ1) is 9.34. The van der Waals surface area contributed by atoms with E-state index in [1.807, 2.05) is 0 Å². The topological polar surface area (TPSA) is 94.0 Å². The standard InChI is InChI=1S/C12H14F2N4O2.ClH/c1-6-3-8(9-7(2)18-20-11(9)17-6)10(19)16-5-12(13,14)4-15;/h3H,4-5,15H2,1-2H3,(H,16,19);1H. The summed E-state index contributed by atoms with van der Waals surface area (Å²) in [6, 6.07) is 1.50. The summed E-state index contributed by atoms with van der Waals surface area (Å²) in [4.78, 5) is 16.1. The van der Waals surface area contributed by atoms with Gasteiger partial charge in [0.25, 0.3) is 17.5 Å². The summed E-state index contributed by atoms with van der Waals surface area (Å²) >= 11 is 0. The van der Waals surface area contributed by atoms with Gasteiger partial charge in [0.05, 0.1) is 29.7 Å². The van der Waals surface area contributed by atoms with Crippen molar-refractivity contribution in [2.75, 3.05) is 13.1 Å². The number of alkyl halides is 2. The van der Waals surface area contributed by atoms with Crippen molar-refractivity contribution in [2.45, 2.75) is 19.8 Å². The number of pyridine rings is 1. The van der Waals surface area contributed by atoms with Crippen molar-refractivity contribution in [3.63, 3.8) is 0 Å². The first kappa shape index (κ1) is 17.3. The van der Waals surface area contributed by atoms with E-state index < -0.39 is 24.9 Å². The molecule has 21 heavy (non-hydrogen) atoms. The summed E-state index contributed by atoms with van der Waals surface area (Å²) in [5.74, 6) is -3.78. The molecule has 0 aliphatic carbocycles. The lowest BCUT2D eigenvalue weighted by atomic mass is 10.1. The van der Waals surface area contributed by atoms with Crippen molar-refractivity contribution in [1.82, 2.24) is 15.5 Å². The number of amides is 1. The van der Waals surface area contributed by atoms with Gasteiger partial charge in [-0.15, -0.1) is 12.4 Å². The molecule has 0 spiro atoms. The predicted molar refractivity (Wildman–Crippen MR) is 74.9 cm³/mol. The summed E-state index contributed by atoms with van der Waals surface area (Å²) in [7, 11) is 0. The van der Waals surface area contributed by atoms with E-state index in [9.17, 15) is 13.6 Å². The molecule has 0 unspecified atom stereocenters. The van der Waals surface area contributed by atoms with Gasteiger partial charge in [-0.05, 0) is 19.9 Å². The third-order valence-electron chi connectivity index (χ3n) is 2.80. The molecule has 1 amide bonds. The van der Waals surface area contributed by atoms with Crippen molar-refractivity contribution < 1.29 is 18.1 Å². The highest BCUT2D eigenvalue weighted by Crippen LogP contribution is 2.22. The zero-order valence-electron chi connectivity index (χ0n) is 11.4. The molecule has 2 aromatic heterocycles. The maximum Gasteiger partial charge on any atom is 0.277 e.